The third-order valence-electron chi connectivity index (χ3n) is 12.6. The van der Waals surface area contributed by atoms with Crippen molar-refractivity contribution >= 4 is 19.9 Å². The Labute approximate surface area is 328 Å². The van der Waals surface area contributed by atoms with E-state index in [0.29, 0.717) is 60.9 Å². The van der Waals surface area contributed by atoms with Gasteiger partial charge in [-0.3, -0.25) is 19.4 Å². The van der Waals surface area contributed by atoms with E-state index in [1.807, 2.05) is 39.0 Å². The Hall–Kier alpha value is -3.06. The van der Waals surface area contributed by atoms with Gasteiger partial charge in [-0.05, 0) is 86.4 Å². The minimum atomic E-state index is -2.87. The SMILES string of the molecule is CCCCOc1noc2c1C(=O)[C@@]1(O[Si](C)(C)C(C)(C)C)C(O)=C3C(=O)c4c(c(F)c5c(c4OCCCC)CN(CC(C)(C)C)CC5)C[C@H]3C[C@H]1[C@@H]2N(C)C. The standard InChI is InChI=1S/C43H64FN3O7Si/c1-13-15-19-51-36-28-23-47(24-41(3,4)5)18-17-26(28)33(44)27-21-25-22-29-34(46(9)10)37-32(40(45-53-37)52-20-16-14-2)39(50)43(29,54-55(11,12)42(6,7)8)38(49)30(25)35(48)31(27)36/h25,29,34,49H,13-24H2,1-12H3/t25-,29-,34-,43-/m0/s1. The maximum absolute atomic E-state index is 17.0. The molecule has 0 bridgehead atoms. The summed E-state index contributed by atoms with van der Waals surface area (Å²) in [6, 6.07) is -0.566. The first kappa shape index (κ1) is 41.6. The van der Waals surface area contributed by atoms with Gasteiger partial charge in [-0.1, -0.05) is 68.2 Å². The molecule has 55 heavy (non-hydrogen) atoms. The van der Waals surface area contributed by atoms with Crippen LogP contribution >= 0.6 is 0 Å². The molecule has 2 aromatic rings. The zero-order valence-electron chi connectivity index (χ0n) is 35.3. The second-order valence-corrected chi connectivity index (χ2v) is 24.0. The number of aliphatic hydroxyl groups is 1. The molecule has 10 nitrogen and oxygen atoms in total. The highest BCUT2D eigenvalue weighted by molar-refractivity contribution is 6.74. The highest BCUT2D eigenvalue weighted by atomic mass is 28.4. The van der Waals surface area contributed by atoms with Gasteiger partial charge in [0.2, 0.25) is 5.78 Å². The maximum Gasteiger partial charge on any atom is 0.265 e. The second-order valence-electron chi connectivity index (χ2n) is 19.3. The number of unbranched alkanes of at least 4 members (excludes halogenated alkanes) is 2. The first-order valence-corrected chi connectivity index (χ1v) is 23.3. The second kappa shape index (κ2) is 15.0. The summed E-state index contributed by atoms with van der Waals surface area (Å²) < 4.78 is 42.9. The van der Waals surface area contributed by atoms with Crippen LogP contribution in [0.4, 0.5) is 4.39 Å². The van der Waals surface area contributed by atoms with Gasteiger partial charge < -0.3 is 23.5 Å². The van der Waals surface area contributed by atoms with E-state index in [9.17, 15) is 5.11 Å². The van der Waals surface area contributed by atoms with E-state index in [0.717, 1.165) is 32.2 Å². The number of aliphatic hydroxyl groups excluding tert-OH is 1. The lowest BCUT2D eigenvalue weighted by molar-refractivity contribution is -0.0481. The van der Waals surface area contributed by atoms with E-state index in [-0.39, 0.29) is 57.5 Å². The van der Waals surface area contributed by atoms with Gasteiger partial charge in [-0.25, -0.2) is 4.39 Å². The molecule has 304 valence electrons. The van der Waals surface area contributed by atoms with E-state index in [2.05, 4.69) is 58.5 Å². The Balaban J connectivity index is 1.59. The number of ether oxygens (including phenoxy) is 2. The molecule has 0 saturated carbocycles. The molecule has 4 atom stereocenters. The molecule has 6 rings (SSSR count). The van der Waals surface area contributed by atoms with E-state index < -0.39 is 43.4 Å². The van der Waals surface area contributed by atoms with Crippen LogP contribution in [0.25, 0.3) is 0 Å². The average Bonchev–Trinajstić information content (AvgIpc) is 3.49. The summed E-state index contributed by atoms with van der Waals surface area (Å²) >= 11 is 0. The molecule has 1 aromatic carbocycles. The number of hydrogen-bond donors (Lipinski definition) is 1. The molecule has 0 unspecified atom stereocenters. The van der Waals surface area contributed by atoms with E-state index in [1.165, 1.54) is 0 Å². The Morgan fingerprint density at radius 2 is 1.65 bits per heavy atom. The third kappa shape index (κ3) is 7.12. The average molecular weight is 782 g/mol. The van der Waals surface area contributed by atoms with Crippen LogP contribution in [-0.4, -0.2) is 85.9 Å². The molecular weight excluding hydrogens is 718 g/mol. The molecule has 1 aromatic heterocycles. The number of carbonyl (C=O) groups excluding carboxylic acids is 2. The number of hydrogen-bond acceptors (Lipinski definition) is 10. The van der Waals surface area contributed by atoms with Crippen LogP contribution in [-0.2, 0) is 23.8 Å². The Bertz CT molecular complexity index is 1850. The van der Waals surface area contributed by atoms with Crippen molar-refractivity contribution in [3.8, 4) is 11.6 Å². The summed E-state index contributed by atoms with van der Waals surface area (Å²) in [6.07, 6.45) is 4.28. The van der Waals surface area contributed by atoms with Gasteiger partial charge in [-0.15, -0.1) is 0 Å². The first-order chi connectivity index (χ1) is 25.7. The number of allylic oxidation sites excluding steroid dienone is 1. The van der Waals surface area contributed by atoms with Crippen LogP contribution in [0.3, 0.4) is 0 Å². The molecule has 0 spiro atoms. The van der Waals surface area contributed by atoms with Crippen molar-refractivity contribution in [1.29, 1.82) is 0 Å². The van der Waals surface area contributed by atoms with Gasteiger partial charge in [0.15, 0.2) is 25.5 Å². The summed E-state index contributed by atoms with van der Waals surface area (Å²) in [6.45, 7) is 23.7. The maximum atomic E-state index is 17.0. The molecule has 1 N–H and O–H groups in total. The molecule has 3 aliphatic carbocycles. The van der Waals surface area contributed by atoms with Gasteiger partial charge in [0.25, 0.3) is 5.88 Å². The zero-order chi connectivity index (χ0) is 40.4. The quantitative estimate of drug-likeness (QED) is 0.165. The number of ketones is 2. The van der Waals surface area contributed by atoms with Gasteiger partial charge in [0, 0.05) is 42.3 Å². The topological polar surface area (TPSA) is 115 Å². The van der Waals surface area contributed by atoms with E-state index in [4.69, 9.17) is 18.4 Å². The highest BCUT2D eigenvalue weighted by Crippen LogP contribution is 2.60. The van der Waals surface area contributed by atoms with Crippen LogP contribution < -0.4 is 9.47 Å². The lowest BCUT2D eigenvalue weighted by Gasteiger charge is -2.55. The van der Waals surface area contributed by atoms with Crippen LogP contribution in [0.1, 0.15) is 137 Å². The fourth-order valence-corrected chi connectivity index (χ4v) is 10.5. The van der Waals surface area contributed by atoms with Crippen molar-refractivity contribution in [2.45, 2.75) is 137 Å². The monoisotopic (exact) mass is 781 g/mol. The number of nitrogens with zero attached hydrogens (tertiary/aromatic N) is 3. The van der Waals surface area contributed by atoms with Crippen LogP contribution in [0.15, 0.2) is 15.9 Å². The summed E-state index contributed by atoms with van der Waals surface area (Å²) in [4.78, 5) is 35.0. The summed E-state index contributed by atoms with van der Waals surface area (Å²) in [5, 5.41) is 16.9. The summed E-state index contributed by atoms with van der Waals surface area (Å²) in [7, 11) is 0.920. The van der Waals surface area contributed by atoms with Crippen LogP contribution in [0.2, 0.25) is 18.1 Å². The van der Waals surface area contributed by atoms with Gasteiger partial charge in [0.1, 0.15) is 22.9 Å². The fourth-order valence-electron chi connectivity index (χ4n) is 9.01. The molecule has 2 heterocycles. The molecule has 0 amide bonds. The Morgan fingerprint density at radius 1 is 1.00 bits per heavy atom. The van der Waals surface area contributed by atoms with Crippen molar-refractivity contribution < 1.29 is 37.5 Å². The molecule has 0 saturated heterocycles. The lowest BCUT2D eigenvalue weighted by Crippen LogP contribution is -2.65. The predicted molar refractivity (Wildman–Crippen MR) is 213 cm³/mol. The number of carbonyl (C=O) groups is 2. The minimum absolute atomic E-state index is 0.0203. The van der Waals surface area contributed by atoms with Crippen molar-refractivity contribution in [2.75, 3.05) is 40.4 Å². The Morgan fingerprint density at radius 3 is 2.25 bits per heavy atom. The molecule has 12 heteroatoms. The number of benzene rings is 1. The molecule has 0 fully saturated rings. The zero-order valence-corrected chi connectivity index (χ0v) is 36.3. The van der Waals surface area contributed by atoms with Crippen molar-refractivity contribution in [3.05, 3.63) is 50.7 Å². The molecule has 4 aliphatic rings. The third-order valence-corrected chi connectivity index (χ3v) is 17.1. The molecular formula is C43H64FN3O7Si. The number of aromatic nitrogens is 1. The van der Waals surface area contributed by atoms with Crippen molar-refractivity contribution in [3.63, 3.8) is 0 Å². The predicted octanol–water partition coefficient (Wildman–Crippen LogP) is 9.02. The summed E-state index contributed by atoms with van der Waals surface area (Å²) in [5.74, 6) is -2.16. The molecule has 1 aliphatic heterocycles. The number of fused-ring (bicyclic) bond motifs is 5. The van der Waals surface area contributed by atoms with Crippen molar-refractivity contribution in [1.82, 2.24) is 15.0 Å². The number of rotatable bonds is 12. The largest absolute Gasteiger partial charge is 0.508 e. The first-order valence-electron chi connectivity index (χ1n) is 20.4. The van der Waals surface area contributed by atoms with Gasteiger partial charge in [-0.2, -0.15) is 0 Å². The van der Waals surface area contributed by atoms with Crippen LogP contribution in [0.5, 0.6) is 11.6 Å². The van der Waals surface area contributed by atoms with Crippen LogP contribution in [0, 0.1) is 23.1 Å². The van der Waals surface area contributed by atoms with Crippen molar-refractivity contribution in [2.24, 2.45) is 17.3 Å². The molecule has 0 radical (unpaired) electrons. The van der Waals surface area contributed by atoms with E-state index >= 15 is 14.0 Å². The van der Waals surface area contributed by atoms with Gasteiger partial charge in [0.05, 0.1) is 24.8 Å². The van der Waals surface area contributed by atoms with Gasteiger partial charge >= 0.3 is 0 Å². The Kier molecular flexibility index (Phi) is 11.4. The summed E-state index contributed by atoms with van der Waals surface area (Å²) in [5.41, 5.74) is 0.182. The highest BCUT2D eigenvalue weighted by Gasteiger charge is 2.67. The fraction of sp³-hybridized carbons (Fsp3) is 0.698. The number of halogens is 1. The smallest absolute Gasteiger partial charge is 0.265 e. The number of Topliss-reactive ketones (excluding diaryl/α,β-unsaturated/α-hetero) is 2. The van der Waals surface area contributed by atoms with E-state index in [1.54, 1.807) is 0 Å². The minimum Gasteiger partial charge on any atom is -0.508 e. The normalized spacial score (nSPS) is 24.4. The lowest BCUT2D eigenvalue weighted by atomic mass is 9.58.